The fourth-order valence-corrected chi connectivity index (χ4v) is 2.28. The van der Waals surface area contributed by atoms with Crippen molar-refractivity contribution in [2.24, 2.45) is 0 Å². The number of nitrogens with one attached hydrogen (secondary N) is 1. The first-order valence-electron chi connectivity index (χ1n) is 7.10. The van der Waals surface area contributed by atoms with E-state index in [-0.39, 0.29) is 30.5 Å². The lowest BCUT2D eigenvalue weighted by molar-refractivity contribution is -0.140. The van der Waals surface area contributed by atoms with Crippen molar-refractivity contribution in [1.82, 2.24) is 0 Å². The van der Waals surface area contributed by atoms with Gasteiger partial charge in [-0.1, -0.05) is 0 Å². The molecule has 0 aliphatic carbocycles. The monoisotopic (exact) mass is 334 g/mol. The molecule has 1 aliphatic heterocycles. The molecular formula is C16H18N2O6. The van der Waals surface area contributed by atoms with Crippen LogP contribution in [0.15, 0.2) is 35.5 Å². The van der Waals surface area contributed by atoms with E-state index in [2.05, 4.69) is 5.32 Å². The zero-order chi connectivity index (χ0) is 17.7. The van der Waals surface area contributed by atoms with Gasteiger partial charge in [-0.15, -0.1) is 0 Å². The fraction of sp³-hybridized carbons (Fsp3) is 0.312. The first kappa shape index (κ1) is 17.5. The molecule has 0 aromatic heterocycles. The van der Waals surface area contributed by atoms with Crippen LogP contribution in [0.4, 0.5) is 11.4 Å². The summed E-state index contributed by atoms with van der Waals surface area (Å²) in [6.45, 7) is 1.44. The van der Waals surface area contributed by atoms with Gasteiger partial charge in [0.2, 0.25) is 5.91 Å². The first-order valence-corrected chi connectivity index (χ1v) is 7.10. The summed E-state index contributed by atoms with van der Waals surface area (Å²) in [5, 5.41) is 2.65. The molecule has 8 nitrogen and oxygen atoms in total. The molecule has 1 aromatic carbocycles. The zero-order valence-corrected chi connectivity index (χ0v) is 13.6. The van der Waals surface area contributed by atoms with Gasteiger partial charge < -0.3 is 24.4 Å². The van der Waals surface area contributed by atoms with Crippen molar-refractivity contribution in [3.63, 3.8) is 0 Å². The first-order chi connectivity index (χ1) is 11.5. The number of hydrogen-bond acceptors (Lipinski definition) is 7. The molecule has 1 N–H and O–H groups in total. The van der Waals surface area contributed by atoms with Gasteiger partial charge in [-0.25, -0.2) is 9.59 Å². The topological polar surface area (TPSA) is 94.2 Å². The molecule has 0 spiro atoms. The van der Waals surface area contributed by atoms with Crippen LogP contribution in [-0.2, 0) is 28.6 Å². The van der Waals surface area contributed by atoms with Crippen LogP contribution in [-0.4, -0.2) is 45.4 Å². The van der Waals surface area contributed by atoms with E-state index in [1.807, 2.05) is 0 Å². The predicted molar refractivity (Wildman–Crippen MR) is 85.1 cm³/mol. The van der Waals surface area contributed by atoms with E-state index >= 15 is 0 Å². The molecule has 0 bridgehead atoms. The van der Waals surface area contributed by atoms with Gasteiger partial charge in [-0.2, -0.15) is 0 Å². The van der Waals surface area contributed by atoms with Crippen LogP contribution in [0.2, 0.25) is 0 Å². The summed E-state index contributed by atoms with van der Waals surface area (Å²) in [4.78, 5) is 36.6. The maximum Gasteiger partial charge on any atom is 0.355 e. The van der Waals surface area contributed by atoms with Gasteiger partial charge in [-0.05, 0) is 24.3 Å². The maximum absolute atomic E-state index is 12.2. The van der Waals surface area contributed by atoms with E-state index in [0.29, 0.717) is 11.4 Å². The highest BCUT2D eigenvalue weighted by molar-refractivity contribution is 6.03. The summed E-state index contributed by atoms with van der Waals surface area (Å²) in [7, 11) is 2.46. The Morgan fingerprint density at radius 2 is 1.71 bits per heavy atom. The third-order valence-corrected chi connectivity index (χ3v) is 3.33. The molecule has 0 saturated heterocycles. The average Bonchev–Trinajstić information content (AvgIpc) is 2.60. The summed E-state index contributed by atoms with van der Waals surface area (Å²) in [5.74, 6) is -1.51. The van der Waals surface area contributed by atoms with Gasteiger partial charge in [0, 0.05) is 18.3 Å². The predicted octanol–water partition coefficient (Wildman–Crippen LogP) is 1.04. The molecule has 128 valence electrons. The third kappa shape index (κ3) is 3.72. The molecule has 0 radical (unpaired) electrons. The minimum absolute atomic E-state index is 0.0441. The van der Waals surface area contributed by atoms with Gasteiger partial charge in [0.15, 0.2) is 0 Å². The Bertz CT molecular complexity index is 680. The molecule has 8 heteroatoms. The van der Waals surface area contributed by atoms with E-state index in [0.717, 1.165) is 0 Å². The number of ether oxygens (including phenoxy) is 3. The van der Waals surface area contributed by atoms with Crippen LogP contribution >= 0.6 is 0 Å². The lowest BCUT2D eigenvalue weighted by Crippen LogP contribution is -2.38. The number of carbonyl (C=O) groups is 3. The number of benzene rings is 1. The second kappa shape index (κ2) is 7.60. The van der Waals surface area contributed by atoms with E-state index in [1.165, 1.54) is 26.0 Å². The van der Waals surface area contributed by atoms with Crippen LogP contribution in [0.5, 0.6) is 0 Å². The summed E-state index contributed by atoms with van der Waals surface area (Å²) >= 11 is 0. The molecule has 24 heavy (non-hydrogen) atoms. The minimum atomic E-state index is -0.662. The summed E-state index contributed by atoms with van der Waals surface area (Å²) in [5.41, 5.74) is 1.37. The van der Waals surface area contributed by atoms with Crippen LogP contribution < -0.4 is 10.2 Å². The smallest absolute Gasteiger partial charge is 0.355 e. The summed E-state index contributed by atoms with van der Waals surface area (Å²) in [6, 6.07) is 6.74. The van der Waals surface area contributed by atoms with E-state index in [4.69, 9.17) is 14.2 Å². The minimum Gasteiger partial charge on any atom is -0.466 e. The largest absolute Gasteiger partial charge is 0.466 e. The van der Waals surface area contributed by atoms with Gasteiger partial charge in [0.1, 0.15) is 12.4 Å². The van der Waals surface area contributed by atoms with Crippen molar-refractivity contribution in [2.75, 3.05) is 37.8 Å². The lowest BCUT2D eigenvalue weighted by Gasteiger charge is -2.31. The number of esters is 2. The van der Waals surface area contributed by atoms with Gasteiger partial charge in [0.25, 0.3) is 0 Å². The molecular weight excluding hydrogens is 316 g/mol. The molecule has 1 heterocycles. The van der Waals surface area contributed by atoms with Crippen molar-refractivity contribution in [3.05, 3.63) is 35.5 Å². The molecule has 0 atom stereocenters. The van der Waals surface area contributed by atoms with E-state index in [1.54, 1.807) is 24.3 Å². The van der Waals surface area contributed by atoms with Crippen LogP contribution in [0, 0.1) is 0 Å². The molecule has 0 fully saturated rings. The number of anilines is 2. The van der Waals surface area contributed by atoms with Crippen molar-refractivity contribution in [2.45, 2.75) is 6.92 Å². The second-order valence-electron chi connectivity index (χ2n) is 4.94. The highest BCUT2D eigenvalue weighted by Gasteiger charge is 2.32. The Kier molecular flexibility index (Phi) is 5.54. The number of hydrogen-bond donors (Lipinski definition) is 1. The van der Waals surface area contributed by atoms with Crippen molar-refractivity contribution >= 4 is 29.2 Å². The SMILES string of the molecule is COC(=O)C1=C(C(=O)OC)N(c2ccc(NC(C)=O)cc2)COC1. The van der Waals surface area contributed by atoms with Crippen molar-refractivity contribution < 1.29 is 28.6 Å². The van der Waals surface area contributed by atoms with Gasteiger partial charge in [-0.3, -0.25) is 4.79 Å². The Morgan fingerprint density at radius 3 is 2.25 bits per heavy atom. The molecule has 0 saturated carbocycles. The van der Waals surface area contributed by atoms with Crippen molar-refractivity contribution in [3.8, 4) is 0 Å². The molecule has 0 unspecified atom stereocenters. The second-order valence-corrected chi connectivity index (χ2v) is 4.94. The summed E-state index contributed by atoms with van der Waals surface area (Å²) < 4.78 is 14.9. The summed E-state index contributed by atoms with van der Waals surface area (Å²) in [6.07, 6.45) is 0. The molecule has 1 aromatic rings. The average molecular weight is 334 g/mol. The molecule has 1 amide bonds. The third-order valence-electron chi connectivity index (χ3n) is 3.33. The standard InChI is InChI=1S/C16H18N2O6/c1-10(19)17-11-4-6-12(7-5-11)18-9-24-8-13(15(20)22-2)14(18)16(21)23-3/h4-7H,8-9H2,1-3H3,(H,17,19). The highest BCUT2D eigenvalue weighted by atomic mass is 16.5. The number of nitrogens with zero attached hydrogens (tertiary/aromatic N) is 1. The maximum atomic E-state index is 12.2. The Morgan fingerprint density at radius 1 is 1.08 bits per heavy atom. The fourth-order valence-electron chi connectivity index (χ4n) is 2.28. The number of rotatable bonds is 4. The van der Waals surface area contributed by atoms with Crippen LogP contribution in [0.1, 0.15) is 6.92 Å². The van der Waals surface area contributed by atoms with Gasteiger partial charge in [0.05, 0.1) is 26.4 Å². The zero-order valence-electron chi connectivity index (χ0n) is 13.6. The quantitative estimate of drug-likeness (QED) is 0.822. The number of methoxy groups -OCH3 is 2. The Hall–Kier alpha value is -2.87. The Labute approximate surface area is 139 Å². The highest BCUT2D eigenvalue weighted by Crippen LogP contribution is 2.27. The van der Waals surface area contributed by atoms with E-state index < -0.39 is 11.9 Å². The van der Waals surface area contributed by atoms with Crippen LogP contribution in [0.3, 0.4) is 0 Å². The Balaban J connectivity index is 2.41. The number of amides is 1. The lowest BCUT2D eigenvalue weighted by atomic mass is 10.1. The normalized spacial score (nSPS) is 14.2. The van der Waals surface area contributed by atoms with Gasteiger partial charge >= 0.3 is 11.9 Å². The molecule has 2 rings (SSSR count). The van der Waals surface area contributed by atoms with E-state index in [9.17, 15) is 14.4 Å². The van der Waals surface area contributed by atoms with Crippen molar-refractivity contribution in [1.29, 1.82) is 0 Å². The number of carbonyl (C=O) groups excluding carboxylic acids is 3. The van der Waals surface area contributed by atoms with Crippen LogP contribution in [0.25, 0.3) is 0 Å². The molecule has 1 aliphatic rings.